The molecule has 1 atom stereocenters. The van der Waals surface area contributed by atoms with Gasteiger partial charge in [-0.05, 0) is 75.1 Å². The van der Waals surface area contributed by atoms with Crippen LogP contribution in [0.2, 0.25) is 0 Å². The van der Waals surface area contributed by atoms with Gasteiger partial charge >= 0.3 is 17.9 Å². The molecular weight excluding hydrogens is 480 g/mol. The number of benzene rings is 1. The summed E-state index contributed by atoms with van der Waals surface area (Å²) in [5, 5.41) is 0. The maximum Gasteiger partial charge on any atom is 0.347 e. The van der Waals surface area contributed by atoms with E-state index in [0.717, 1.165) is 36.8 Å². The second kappa shape index (κ2) is 15.9. The van der Waals surface area contributed by atoms with Gasteiger partial charge < -0.3 is 14.2 Å². The summed E-state index contributed by atoms with van der Waals surface area (Å²) in [5.74, 6) is -1.14. The van der Waals surface area contributed by atoms with Gasteiger partial charge in [0.2, 0.25) is 6.10 Å². The SMILES string of the molecule is CCCCCCc1ccc(C(=O)OC(C(C)C)C(C)C)cc1CC(C)(C)C(=O)OC(C(=O)OCC)C(C)C. The van der Waals surface area contributed by atoms with Gasteiger partial charge in [-0.1, -0.05) is 73.8 Å². The Balaban J connectivity index is 3.25. The van der Waals surface area contributed by atoms with Gasteiger partial charge in [0, 0.05) is 5.92 Å². The lowest BCUT2D eigenvalue weighted by atomic mass is 9.82. The fourth-order valence-corrected chi connectivity index (χ4v) is 4.64. The van der Waals surface area contributed by atoms with Gasteiger partial charge in [-0.15, -0.1) is 0 Å². The third kappa shape index (κ3) is 10.4. The third-order valence-corrected chi connectivity index (χ3v) is 6.84. The average Bonchev–Trinajstić information content (AvgIpc) is 2.83. The molecule has 0 spiro atoms. The zero-order chi connectivity index (χ0) is 29.0. The van der Waals surface area contributed by atoms with Crippen LogP contribution in [0.15, 0.2) is 18.2 Å². The van der Waals surface area contributed by atoms with Crippen molar-refractivity contribution in [2.45, 2.75) is 120 Å². The molecule has 0 aromatic heterocycles. The van der Waals surface area contributed by atoms with E-state index in [1.54, 1.807) is 6.92 Å². The fraction of sp³-hybridized carbons (Fsp3) is 0.719. The van der Waals surface area contributed by atoms with E-state index in [2.05, 4.69) is 34.6 Å². The number of carbonyl (C=O) groups excluding carboxylic acids is 3. The summed E-state index contributed by atoms with van der Waals surface area (Å²) in [4.78, 5) is 38.8. The van der Waals surface area contributed by atoms with Crippen molar-refractivity contribution in [1.29, 1.82) is 0 Å². The molecule has 1 aromatic carbocycles. The van der Waals surface area contributed by atoms with Crippen LogP contribution in [-0.4, -0.2) is 36.7 Å². The molecule has 1 unspecified atom stereocenters. The number of esters is 3. The molecule has 6 nitrogen and oxygen atoms in total. The van der Waals surface area contributed by atoms with Crippen molar-refractivity contribution in [2.24, 2.45) is 23.2 Å². The molecule has 0 saturated heterocycles. The maximum absolute atomic E-state index is 13.3. The minimum absolute atomic E-state index is 0.179. The summed E-state index contributed by atoms with van der Waals surface area (Å²) in [6.07, 6.45) is 4.61. The first-order chi connectivity index (χ1) is 17.7. The maximum atomic E-state index is 13.3. The summed E-state index contributed by atoms with van der Waals surface area (Å²) in [5.41, 5.74) is 1.62. The van der Waals surface area contributed by atoms with Crippen LogP contribution in [0.4, 0.5) is 0 Å². The number of aryl methyl sites for hydroxylation is 1. The first-order valence-electron chi connectivity index (χ1n) is 14.5. The molecule has 0 bridgehead atoms. The molecule has 216 valence electrons. The standard InChI is InChI=1S/C32H52O6/c1-11-13-14-15-16-24-17-18-25(29(33)37-27(21(3)4)22(5)6)19-26(24)20-32(9,10)31(35)38-28(23(7)8)30(34)36-12-2/h17-19,21-23,27-28H,11-16,20H2,1-10H3. The van der Waals surface area contributed by atoms with Crippen LogP contribution < -0.4 is 0 Å². The third-order valence-electron chi connectivity index (χ3n) is 6.84. The van der Waals surface area contributed by atoms with Crippen molar-refractivity contribution >= 4 is 17.9 Å². The fourth-order valence-electron chi connectivity index (χ4n) is 4.64. The van der Waals surface area contributed by atoms with Gasteiger partial charge in [-0.2, -0.15) is 0 Å². The van der Waals surface area contributed by atoms with Gasteiger partial charge in [0.15, 0.2) is 0 Å². The number of hydrogen-bond donors (Lipinski definition) is 0. The van der Waals surface area contributed by atoms with E-state index >= 15 is 0 Å². The smallest absolute Gasteiger partial charge is 0.347 e. The first-order valence-corrected chi connectivity index (χ1v) is 14.5. The number of hydrogen-bond acceptors (Lipinski definition) is 6. The van der Waals surface area contributed by atoms with E-state index in [4.69, 9.17) is 14.2 Å². The molecule has 1 rings (SSSR count). The number of rotatable bonds is 16. The van der Waals surface area contributed by atoms with Crippen LogP contribution in [0.3, 0.4) is 0 Å². The summed E-state index contributed by atoms with van der Waals surface area (Å²) in [6.45, 7) is 19.6. The molecule has 6 heteroatoms. The van der Waals surface area contributed by atoms with Crippen molar-refractivity contribution in [3.63, 3.8) is 0 Å². The zero-order valence-electron chi connectivity index (χ0n) is 25.5. The molecule has 0 fully saturated rings. The summed E-state index contributed by atoms with van der Waals surface area (Å²) in [6, 6.07) is 5.70. The quantitative estimate of drug-likeness (QED) is 0.126. The molecule has 0 aliphatic carbocycles. The van der Waals surface area contributed by atoms with E-state index in [0.29, 0.717) is 12.0 Å². The first kappa shape index (κ1) is 33.7. The Hall–Kier alpha value is -2.37. The van der Waals surface area contributed by atoms with E-state index in [-0.39, 0.29) is 36.4 Å². The normalized spacial score (nSPS) is 12.8. The van der Waals surface area contributed by atoms with Crippen molar-refractivity contribution in [2.75, 3.05) is 6.61 Å². The highest BCUT2D eigenvalue weighted by atomic mass is 16.6. The molecule has 0 amide bonds. The molecule has 0 aliphatic heterocycles. The topological polar surface area (TPSA) is 78.9 Å². The van der Waals surface area contributed by atoms with Gasteiger partial charge in [-0.25, -0.2) is 9.59 Å². The minimum atomic E-state index is -0.958. The number of carbonyl (C=O) groups is 3. The highest BCUT2D eigenvalue weighted by Gasteiger charge is 2.36. The van der Waals surface area contributed by atoms with Crippen LogP contribution >= 0.6 is 0 Å². The van der Waals surface area contributed by atoms with Gasteiger partial charge in [0.05, 0.1) is 17.6 Å². The molecule has 0 N–H and O–H groups in total. The van der Waals surface area contributed by atoms with Crippen molar-refractivity contribution in [3.8, 4) is 0 Å². The Kier molecular flexibility index (Phi) is 14.1. The lowest BCUT2D eigenvalue weighted by Crippen LogP contribution is -2.39. The van der Waals surface area contributed by atoms with Crippen LogP contribution in [0, 0.1) is 23.2 Å². The molecule has 38 heavy (non-hydrogen) atoms. The largest absolute Gasteiger partial charge is 0.463 e. The van der Waals surface area contributed by atoms with Crippen LogP contribution in [0.25, 0.3) is 0 Å². The Morgan fingerprint density at radius 2 is 1.45 bits per heavy atom. The van der Waals surface area contributed by atoms with E-state index in [9.17, 15) is 14.4 Å². The number of unbranched alkanes of at least 4 members (excludes halogenated alkanes) is 3. The molecular formula is C32H52O6. The van der Waals surface area contributed by atoms with Crippen LogP contribution in [0.1, 0.15) is 116 Å². The van der Waals surface area contributed by atoms with Crippen LogP contribution in [0.5, 0.6) is 0 Å². The number of ether oxygens (including phenoxy) is 3. The van der Waals surface area contributed by atoms with Gasteiger partial charge in [0.25, 0.3) is 0 Å². The van der Waals surface area contributed by atoms with E-state index in [1.807, 2.05) is 45.9 Å². The van der Waals surface area contributed by atoms with Gasteiger partial charge in [-0.3, -0.25) is 4.79 Å². The predicted octanol–water partition coefficient (Wildman–Crippen LogP) is 7.35. The van der Waals surface area contributed by atoms with Crippen molar-refractivity contribution in [3.05, 3.63) is 34.9 Å². The highest BCUT2D eigenvalue weighted by Crippen LogP contribution is 2.29. The zero-order valence-corrected chi connectivity index (χ0v) is 25.5. The van der Waals surface area contributed by atoms with E-state index < -0.39 is 23.5 Å². The molecule has 0 radical (unpaired) electrons. The average molecular weight is 533 g/mol. The Bertz CT molecular complexity index is 891. The Morgan fingerprint density at radius 1 is 0.816 bits per heavy atom. The molecule has 0 saturated carbocycles. The summed E-state index contributed by atoms with van der Waals surface area (Å²) < 4.78 is 16.7. The minimum Gasteiger partial charge on any atom is -0.463 e. The van der Waals surface area contributed by atoms with Crippen molar-refractivity contribution < 1.29 is 28.6 Å². The van der Waals surface area contributed by atoms with Crippen LogP contribution in [-0.2, 0) is 36.6 Å². The molecule has 1 aromatic rings. The van der Waals surface area contributed by atoms with Gasteiger partial charge in [0.1, 0.15) is 6.10 Å². The summed E-state index contributed by atoms with van der Waals surface area (Å²) in [7, 11) is 0. The summed E-state index contributed by atoms with van der Waals surface area (Å²) >= 11 is 0. The van der Waals surface area contributed by atoms with E-state index in [1.165, 1.54) is 6.42 Å². The lowest BCUT2D eigenvalue weighted by molar-refractivity contribution is -0.176. The lowest BCUT2D eigenvalue weighted by Gasteiger charge is -2.28. The highest BCUT2D eigenvalue weighted by molar-refractivity contribution is 5.90. The Morgan fingerprint density at radius 3 is 1.97 bits per heavy atom. The molecule has 0 aliphatic rings. The predicted molar refractivity (Wildman–Crippen MR) is 152 cm³/mol. The second-order valence-electron chi connectivity index (χ2n) is 12.0. The monoisotopic (exact) mass is 532 g/mol. The second-order valence-corrected chi connectivity index (χ2v) is 12.0. The Labute approximate surface area is 231 Å². The molecule has 0 heterocycles. The van der Waals surface area contributed by atoms with Crippen molar-refractivity contribution in [1.82, 2.24) is 0 Å².